The Morgan fingerprint density at radius 2 is 2.10 bits per heavy atom. The molecule has 0 unspecified atom stereocenters. The monoisotopic (exact) mass is 462 g/mol. The van der Waals surface area contributed by atoms with Gasteiger partial charge in [0.15, 0.2) is 16.7 Å². The third kappa shape index (κ3) is 5.37. The second-order valence-electron chi connectivity index (χ2n) is 7.33. The van der Waals surface area contributed by atoms with Crippen molar-refractivity contribution in [3.63, 3.8) is 0 Å². The van der Waals surface area contributed by atoms with Gasteiger partial charge in [-0.3, -0.25) is 9.36 Å². The van der Waals surface area contributed by atoms with Gasteiger partial charge in [-0.15, -0.1) is 21.5 Å². The van der Waals surface area contributed by atoms with E-state index in [9.17, 15) is 9.59 Å². The quantitative estimate of drug-likeness (QED) is 0.361. The van der Waals surface area contributed by atoms with Crippen LogP contribution < -0.4 is 5.32 Å². The molecule has 0 saturated carbocycles. The minimum Gasteiger partial charge on any atom is -0.462 e. The lowest BCUT2D eigenvalue weighted by atomic mass is 10.1. The Kier molecular flexibility index (Phi) is 7.55. The van der Waals surface area contributed by atoms with Gasteiger partial charge in [-0.25, -0.2) is 4.79 Å². The number of rotatable bonds is 9. The van der Waals surface area contributed by atoms with E-state index < -0.39 is 5.97 Å². The van der Waals surface area contributed by atoms with Crippen LogP contribution in [0.4, 0.5) is 5.00 Å². The Morgan fingerprint density at radius 1 is 1.32 bits per heavy atom. The number of aryl methyl sites for hydroxylation is 1. The van der Waals surface area contributed by atoms with Crippen LogP contribution in [0, 0.1) is 19.8 Å². The van der Waals surface area contributed by atoms with Gasteiger partial charge in [-0.05, 0) is 44.4 Å². The number of amides is 1. The van der Waals surface area contributed by atoms with Crippen molar-refractivity contribution in [3.05, 3.63) is 34.4 Å². The number of carbonyl (C=O) groups is 2. The summed E-state index contributed by atoms with van der Waals surface area (Å²) in [5.74, 6) is 1.11. The van der Waals surface area contributed by atoms with Gasteiger partial charge in [0.1, 0.15) is 5.00 Å². The number of thiophene rings is 1. The highest BCUT2D eigenvalue weighted by atomic mass is 32.2. The summed E-state index contributed by atoms with van der Waals surface area (Å²) < 4.78 is 12.6. The molecule has 8 nitrogen and oxygen atoms in total. The second-order valence-corrected chi connectivity index (χ2v) is 9.50. The van der Waals surface area contributed by atoms with Crippen molar-refractivity contribution < 1.29 is 18.7 Å². The van der Waals surface area contributed by atoms with E-state index in [1.54, 1.807) is 19.3 Å². The molecule has 1 amide bonds. The number of hydrogen-bond acceptors (Lipinski definition) is 8. The van der Waals surface area contributed by atoms with E-state index >= 15 is 0 Å². The van der Waals surface area contributed by atoms with Gasteiger partial charge in [0.2, 0.25) is 5.91 Å². The number of thioether (sulfide) groups is 1. The average molecular weight is 463 g/mol. The minimum absolute atomic E-state index is 0.132. The highest BCUT2D eigenvalue weighted by Gasteiger charge is 2.23. The Labute approximate surface area is 189 Å². The third-order valence-electron chi connectivity index (χ3n) is 4.46. The van der Waals surface area contributed by atoms with Crippen molar-refractivity contribution in [3.8, 4) is 11.6 Å². The maximum absolute atomic E-state index is 12.7. The molecule has 0 aromatic carbocycles. The fraction of sp³-hybridized carbons (Fsp3) is 0.429. The minimum atomic E-state index is -0.424. The predicted octanol–water partition coefficient (Wildman–Crippen LogP) is 4.78. The lowest BCUT2D eigenvalue weighted by molar-refractivity contribution is -0.113. The van der Waals surface area contributed by atoms with Crippen LogP contribution in [0.5, 0.6) is 0 Å². The van der Waals surface area contributed by atoms with Gasteiger partial charge >= 0.3 is 5.97 Å². The number of esters is 1. The maximum Gasteiger partial charge on any atom is 0.341 e. The molecule has 0 bridgehead atoms. The zero-order valence-electron chi connectivity index (χ0n) is 18.2. The fourth-order valence-corrected chi connectivity index (χ4v) is 4.78. The van der Waals surface area contributed by atoms with Crippen molar-refractivity contribution in [2.24, 2.45) is 5.92 Å². The molecule has 0 saturated heterocycles. The van der Waals surface area contributed by atoms with Crippen LogP contribution in [0.25, 0.3) is 11.6 Å². The van der Waals surface area contributed by atoms with Gasteiger partial charge in [0.05, 0.1) is 24.2 Å². The van der Waals surface area contributed by atoms with Crippen molar-refractivity contribution in [2.45, 2.75) is 46.3 Å². The van der Waals surface area contributed by atoms with E-state index in [0.29, 0.717) is 39.8 Å². The normalized spacial score (nSPS) is 11.2. The maximum atomic E-state index is 12.7. The molecule has 3 aromatic heterocycles. The Bertz CT molecular complexity index is 1050. The third-order valence-corrected chi connectivity index (χ3v) is 6.55. The van der Waals surface area contributed by atoms with Gasteiger partial charge in [0.25, 0.3) is 0 Å². The van der Waals surface area contributed by atoms with Crippen molar-refractivity contribution in [1.82, 2.24) is 14.8 Å². The van der Waals surface area contributed by atoms with Crippen LogP contribution in [0.15, 0.2) is 28.0 Å². The molecule has 0 aliphatic carbocycles. The zero-order chi connectivity index (χ0) is 22.5. The topological polar surface area (TPSA) is 99.2 Å². The summed E-state index contributed by atoms with van der Waals surface area (Å²) in [6.07, 6.45) is 1.59. The summed E-state index contributed by atoms with van der Waals surface area (Å²) in [6, 6.07) is 3.64. The van der Waals surface area contributed by atoms with Crippen molar-refractivity contribution in [1.29, 1.82) is 0 Å². The van der Waals surface area contributed by atoms with Crippen LogP contribution >= 0.6 is 23.1 Å². The molecule has 31 heavy (non-hydrogen) atoms. The second kappa shape index (κ2) is 10.1. The summed E-state index contributed by atoms with van der Waals surface area (Å²) in [7, 11) is 0. The summed E-state index contributed by atoms with van der Waals surface area (Å²) in [4.78, 5) is 25.9. The molecule has 0 fully saturated rings. The van der Waals surface area contributed by atoms with E-state index in [1.165, 1.54) is 23.1 Å². The summed E-state index contributed by atoms with van der Waals surface area (Å²) in [5.41, 5.74) is 1.25. The predicted molar refractivity (Wildman–Crippen MR) is 122 cm³/mol. The van der Waals surface area contributed by atoms with Crippen LogP contribution in [0.3, 0.4) is 0 Å². The number of hydrogen-bond donors (Lipinski definition) is 1. The number of ether oxygens (including phenoxy) is 1. The molecule has 0 radical (unpaired) electrons. The SMILES string of the molecule is CCOC(=O)c1c(NC(=O)CSc2nnc(-c3ccco3)n2CC(C)C)sc(C)c1C. The number of nitrogens with zero attached hydrogens (tertiary/aromatic N) is 3. The largest absolute Gasteiger partial charge is 0.462 e. The van der Waals surface area contributed by atoms with Crippen LogP contribution in [-0.4, -0.2) is 39.0 Å². The van der Waals surface area contributed by atoms with Gasteiger partial charge in [-0.1, -0.05) is 25.6 Å². The first-order chi connectivity index (χ1) is 14.8. The highest BCUT2D eigenvalue weighted by Crippen LogP contribution is 2.33. The smallest absolute Gasteiger partial charge is 0.341 e. The molecule has 0 spiro atoms. The Hall–Kier alpha value is -2.59. The summed E-state index contributed by atoms with van der Waals surface area (Å²) in [6.45, 7) is 10.7. The summed E-state index contributed by atoms with van der Waals surface area (Å²) in [5, 5.41) is 12.5. The average Bonchev–Trinajstić information content (AvgIpc) is 3.41. The van der Waals surface area contributed by atoms with Crippen molar-refractivity contribution >= 4 is 40.0 Å². The molecule has 0 atom stereocenters. The molecule has 0 aliphatic heterocycles. The van der Waals surface area contributed by atoms with E-state index in [-0.39, 0.29) is 18.3 Å². The molecule has 3 rings (SSSR count). The van der Waals surface area contributed by atoms with E-state index in [0.717, 1.165) is 10.4 Å². The first-order valence-corrected chi connectivity index (χ1v) is 11.8. The molecule has 10 heteroatoms. The number of nitrogens with one attached hydrogen (secondary N) is 1. The van der Waals surface area contributed by atoms with Gasteiger partial charge in [0, 0.05) is 11.4 Å². The first-order valence-electron chi connectivity index (χ1n) is 9.98. The van der Waals surface area contributed by atoms with E-state index in [1.807, 2.05) is 24.5 Å². The Balaban J connectivity index is 1.74. The van der Waals surface area contributed by atoms with E-state index in [2.05, 4.69) is 29.4 Å². The highest BCUT2D eigenvalue weighted by molar-refractivity contribution is 7.99. The van der Waals surface area contributed by atoms with Crippen LogP contribution in [0.2, 0.25) is 0 Å². The standard InChI is InChI=1S/C21H26N4O4S2/c1-6-28-20(27)17-13(4)14(5)31-19(17)22-16(26)11-30-21-24-23-18(15-8-7-9-29-15)25(21)10-12(2)3/h7-9,12H,6,10-11H2,1-5H3,(H,22,26). The molecular formula is C21H26N4O4S2. The zero-order valence-corrected chi connectivity index (χ0v) is 19.9. The number of aromatic nitrogens is 3. The molecule has 1 N–H and O–H groups in total. The molecule has 166 valence electrons. The van der Waals surface area contributed by atoms with Gasteiger partial charge < -0.3 is 14.5 Å². The van der Waals surface area contributed by atoms with E-state index in [4.69, 9.17) is 9.15 Å². The van der Waals surface area contributed by atoms with Gasteiger partial charge in [-0.2, -0.15) is 0 Å². The molecule has 0 aliphatic rings. The Morgan fingerprint density at radius 3 is 2.74 bits per heavy atom. The van der Waals surface area contributed by atoms with Crippen molar-refractivity contribution in [2.75, 3.05) is 17.7 Å². The fourth-order valence-electron chi connectivity index (χ4n) is 2.97. The lowest BCUT2D eigenvalue weighted by Gasteiger charge is -2.11. The summed E-state index contributed by atoms with van der Waals surface area (Å²) >= 11 is 2.67. The molecule has 3 aromatic rings. The number of furan rings is 1. The number of anilines is 1. The molecule has 3 heterocycles. The molecular weight excluding hydrogens is 436 g/mol. The van der Waals surface area contributed by atoms with Crippen LogP contribution in [-0.2, 0) is 16.1 Å². The lowest BCUT2D eigenvalue weighted by Crippen LogP contribution is -2.17. The van der Waals surface area contributed by atoms with Crippen LogP contribution in [0.1, 0.15) is 41.6 Å². The number of carbonyl (C=O) groups excluding carboxylic acids is 2. The first kappa shape index (κ1) is 23.1.